The van der Waals surface area contributed by atoms with Crippen LogP contribution in [0.1, 0.15) is 92.7 Å². The van der Waals surface area contributed by atoms with Crippen LogP contribution in [0.3, 0.4) is 0 Å². The lowest BCUT2D eigenvalue weighted by atomic mass is 10.0. The summed E-state index contributed by atoms with van der Waals surface area (Å²) in [5.41, 5.74) is 0.412. The van der Waals surface area contributed by atoms with Gasteiger partial charge in [0.05, 0.1) is 25.6 Å². The van der Waals surface area contributed by atoms with E-state index in [-0.39, 0.29) is 32.4 Å². The van der Waals surface area contributed by atoms with Gasteiger partial charge in [-0.05, 0) is 72.1 Å². The first-order chi connectivity index (χ1) is 34.9. The molecule has 1 aromatic rings. The molecule has 3 aliphatic rings. The van der Waals surface area contributed by atoms with Crippen LogP contribution >= 0.6 is 0 Å². The lowest BCUT2D eigenvalue weighted by molar-refractivity contribution is -0.149. The fraction of sp³-hybridized carbons (Fsp3) is 0.674. The predicted octanol–water partition coefficient (Wildman–Crippen LogP) is -5.37. The first-order valence-electron chi connectivity index (χ1n) is 24.6. The number of carbonyl (C=O) groups is 12. The largest absolute Gasteiger partial charge is 0.480 e. The molecule has 28 nitrogen and oxygen atoms in total. The topological polar surface area (TPSA) is 400 Å². The van der Waals surface area contributed by atoms with Crippen LogP contribution in [-0.2, 0) is 64.0 Å². The molecular formula is C46H71N13O15. The number of likely N-dealkylation sites (tertiary alicyclic amines) is 3. The zero-order valence-corrected chi connectivity index (χ0v) is 42.6. The molecule has 74 heavy (non-hydrogen) atoms. The lowest BCUT2D eigenvalue weighted by Gasteiger charge is -2.32. The Hall–Kier alpha value is -7.23. The Morgan fingerprint density at radius 1 is 0.635 bits per heavy atom. The summed E-state index contributed by atoms with van der Waals surface area (Å²) in [5, 5.41) is 49.4. The van der Waals surface area contributed by atoms with Gasteiger partial charge < -0.3 is 77.5 Å². The zero-order valence-electron chi connectivity index (χ0n) is 42.6. The first-order valence-corrected chi connectivity index (χ1v) is 24.6. The smallest absolute Gasteiger partial charge is 0.326 e. The van der Waals surface area contributed by atoms with E-state index in [1.165, 1.54) is 50.0 Å². The van der Waals surface area contributed by atoms with Gasteiger partial charge in [0.1, 0.15) is 60.4 Å². The van der Waals surface area contributed by atoms with Crippen molar-refractivity contribution in [3.8, 4) is 0 Å². The number of carboxylic acids is 1. The Labute approximate surface area is 427 Å². The van der Waals surface area contributed by atoms with Crippen molar-refractivity contribution in [3.05, 3.63) is 18.2 Å². The quantitative estimate of drug-likeness (QED) is 0.0460. The predicted molar refractivity (Wildman–Crippen MR) is 257 cm³/mol. The highest BCUT2D eigenvalue weighted by atomic mass is 16.4. The number of H-pyrrole nitrogens is 1. The van der Waals surface area contributed by atoms with Crippen molar-refractivity contribution in [2.75, 3.05) is 32.8 Å². The van der Waals surface area contributed by atoms with E-state index in [9.17, 15) is 72.9 Å². The van der Waals surface area contributed by atoms with E-state index in [4.69, 9.17) is 0 Å². The minimum absolute atomic E-state index is 0.149. The van der Waals surface area contributed by atoms with Gasteiger partial charge in [-0.15, -0.1) is 0 Å². The summed E-state index contributed by atoms with van der Waals surface area (Å²) in [6, 6.07) is -12.3. The van der Waals surface area contributed by atoms with E-state index < -0.39 is 157 Å². The van der Waals surface area contributed by atoms with E-state index in [1.807, 2.05) is 0 Å². The number of aromatic amines is 1. The van der Waals surface area contributed by atoms with Crippen molar-refractivity contribution in [2.24, 2.45) is 5.92 Å². The Morgan fingerprint density at radius 3 is 1.74 bits per heavy atom. The van der Waals surface area contributed by atoms with E-state index >= 15 is 0 Å². The van der Waals surface area contributed by atoms with Gasteiger partial charge in [-0.1, -0.05) is 13.8 Å². The number of carboxylic acid groups (broad SMARTS) is 1. The zero-order chi connectivity index (χ0) is 55.1. The molecule has 12 N–H and O–H groups in total. The number of hydrogen-bond acceptors (Lipinski definition) is 15. The molecule has 3 aliphatic heterocycles. The van der Waals surface area contributed by atoms with Gasteiger partial charge in [0.15, 0.2) is 0 Å². The first kappa shape index (κ1) is 59.3. The highest BCUT2D eigenvalue weighted by Gasteiger charge is 2.44. The number of amides is 11. The molecule has 0 spiro atoms. The molecule has 11 amide bonds. The van der Waals surface area contributed by atoms with Crippen molar-refractivity contribution >= 4 is 70.9 Å². The van der Waals surface area contributed by atoms with Crippen LogP contribution < -0.4 is 42.5 Å². The summed E-state index contributed by atoms with van der Waals surface area (Å²) in [6.45, 7) is 8.73. The van der Waals surface area contributed by atoms with E-state index in [1.54, 1.807) is 13.8 Å². The molecule has 0 saturated carbocycles. The molecule has 0 unspecified atom stereocenters. The standard InChI is InChI=1S/C46H71N13O15/c1-22(2)35(41(68)56-36(26(6)61)42(69)54-30(20-60)39(66)52-25(5)44(71)59-16-10-13-33(59)46(73)74)55-34(63)19-48-38(65)29(17-28-18-47-21-49-28)53-37(64)23(3)51-40(67)31-11-8-14-57(31)45(72)32-12-9-15-58(32)43(70)24(4)50-27(7)62/h18,21-26,29-33,35-36,60-61H,8-17,19-20H2,1-7H3,(H,47,49)(H,48,65)(H,50,62)(H,51,67)(H,52,66)(H,53,64)(H,54,69)(H,55,63)(H,56,68)(H,73,74)/t23-,24-,25-,26+,29-,30-,31-,32-,33-,35-,36-/m0/s1. The van der Waals surface area contributed by atoms with Crippen molar-refractivity contribution in [1.82, 2.24) is 67.2 Å². The summed E-state index contributed by atoms with van der Waals surface area (Å²) in [7, 11) is 0. The number of rotatable bonds is 24. The van der Waals surface area contributed by atoms with Crippen LogP contribution in [0.25, 0.3) is 0 Å². The van der Waals surface area contributed by atoms with E-state index in [2.05, 4.69) is 52.5 Å². The monoisotopic (exact) mass is 1050 g/mol. The Morgan fingerprint density at radius 2 is 1.19 bits per heavy atom. The van der Waals surface area contributed by atoms with E-state index in [0.29, 0.717) is 37.9 Å². The summed E-state index contributed by atoms with van der Waals surface area (Å²) in [4.78, 5) is 168. The summed E-state index contributed by atoms with van der Waals surface area (Å²) < 4.78 is 0. The van der Waals surface area contributed by atoms with Gasteiger partial charge in [-0.3, -0.25) is 52.7 Å². The molecule has 0 bridgehead atoms. The van der Waals surface area contributed by atoms with Crippen LogP contribution in [0, 0.1) is 5.92 Å². The van der Waals surface area contributed by atoms with Gasteiger partial charge in [0.2, 0.25) is 65.0 Å². The molecule has 1 aromatic heterocycles. The van der Waals surface area contributed by atoms with Crippen LogP contribution in [0.4, 0.5) is 0 Å². The summed E-state index contributed by atoms with van der Waals surface area (Å²) in [6.07, 6.45) is 3.35. The number of aliphatic carboxylic acids is 1. The number of nitrogens with one attached hydrogen (secondary N) is 9. The van der Waals surface area contributed by atoms with Gasteiger partial charge in [-0.2, -0.15) is 0 Å². The molecule has 0 aliphatic carbocycles. The number of imidazole rings is 1. The third-order valence-electron chi connectivity index (χ3n) is 12.9. The molecule has 4 heterocycles. The minimum Gasteiger partial charge on any atom is -0.480 e. The molecule has 11 atom stereocenters. The van der Waals surface area contributed by atoms with Crippen molar-refractivity contribution < 1.29 is 72.9 Å². The highest BCUT2D eigenvalue weighted by molar-refractivity contribution is 5.99. The Balaban J connectivity index is 1.33. The molecule has 3 fully saturated rings. The number of aliphatic hydroxyl groups excluding tert-OH is 2. The van der Waals surface area contributed by atoms with Gasteiger partial charge in [0, 0.05) is 44.9 Å². The molecule has 4 rings (SSSR count). The van der Waals surface area contributed by atoms with Gasteiger partial charge >= 0.3 is 5.97 Å². The SMILES string of the molecule is CC(=O)N[C@@H](C)C(=O)N1CCC[C@H]1C(=O)N1CCC[C@H]1C(=O)N[C@@H](C)C(=O)N[C@@H](Cc1cnc[nH]1)C(=O)NCC(=O)N[C@H](C(=O)N[C@H](C(=O)N[C@@H](CO)C(=O)N[C@@H](C)C(=O)N1CCC[C@H]1C(=O)O)[C@@H](C)O)C(C)C. The molecule has 0 aromatic carbocycles. The molecule has 28 heteroatoms. The fourth-order valence-corrected chi connectivity index (χ4v) is 8.96. The normalized spacial score (nSPS) is 20.6. The van der Waals surface area contributed by atoms with Crippen molar-refractivity contribution in [1.29, 1.82) is 0 Å². The van der Waals surface area contributed by atoms with Crippen LogP contribution in [0.2, 0.25) is 0 Å². The minimum atomic E-state index is -1.74. The maximum absolute atomic E-state index is 13.8. The highest BCUT2D eigenvalue weighted by Crippen LogP contribution is 2.26. The van der Waals surface area contributed by atoms with Gasteiger partial charge in [0.25, 0.3) is 0 Å². The second-order valence-electron chi connectivity index (χ2n) is 19.1. The average molecular weight is 1050 g/mol. The molecular weight excluding hydrogens is 975 g/mol. The number of aromatic nitrogens is 2. The number of carbonyl (C=O) groups excluding carboxylic acids is 11. The van der Waals surface area contributed by atoms with Crippen LogP contribution in [0.5, 0.6) is 0 Å². The summed E-state index contributed by atoms with van der Waals surface area (Å²) >= 11 is 0. The van der Waals surface area contributed by atoms with Crippen molar-refractivity contribution in [3.63, 3.8) is 0 Å². The fourth-order valence-electron chi connectivity index (χ4n) is 8.96. The second-order valence-corrected chi connectivity index (χ2v) is 19.1. The maximum Gasteiger partial charge on any atom is 0.326 e. The summed E-state index contributed by atoms with van der Waals surface area (Å²) in [5.74, 6) is -10.1. The number of nitrogens with zero attached hydrogens (tertiary/aromatic N) is 4. The number of hydrogen-bond donors (Lipinski definition) is 12. The Bertz CT molecular complexity index is 2240. The maximum atomic E-state index is 13.8. The average Bonchev–Trinajstić information content (AvgIpc) is 4.20. The van der Waals surface area contributed by atoms with E-state index in [0.717, 1.165) is 11.8 Å². The molecule has 410 valence electrons. The van der Waals surface area contributed by atoms with Gasteiger partial charge in [-0.25, -0.2) is 9.78 Å². The lowest BCUT2D eigenvalue weighted by Crippen LogP contribution is -2.62. The third kappa shape index (κ3) is 15.9. The molecule has 0 radical (unpaired) electrons. The molecule has 3 saturated heterocycles. The second kappa shape index (κ2) is 27.2. The third-order valence-corrected chi connectivity index (χ3v) is 12.9. The van der Waals surface area contributed by atoms with Crippen molar-refractivity contribution in [2.45, 2.75) is 160 Å². The van der Waals surface area contributed by atoms with Crippen LogP contribution in [0.15, 0.2) is 12.5 Å². The van der Waals surface area contributed by atoms with Crippen LogP contribution in [-0.4, -0.2) is 210 Å². The Kier molecular flexibility index (Phi) is 21.8. The number of aliphatic hydroxyl groups is 2.